The molecule has 0 aliphatic heterocycles. The van der Waals surface area contributed by atoms with Gasteiger partial charge in [0, 0.05) is 5.56 Å². The van der Waals surface area contributed by atoms with Crippen LogP contribution in [0.4, 0.5) is 0 Å². The molecule has 0 saturated carbocycles. The molecule has 1 atom stereocenters. The molecule has 0 heterocycles. The van der Waals surface area contributed by atoms with E-state index in [-0.39, 0.29) is 5.78 Å². The summed E-state index contributed by atoms with van der Waals surface area (Å²) in [5.41, 5.74) is 0.629. The SMILES string of the molecule is CC(C)CC(C#N)C(=O)c1ccccc1. The highest BCUT2D eigenvalue weighted by atomic mass is 16.1. The Bertz CT molecular complexity index is 362. The van der Waals surface area contributed by atoms with Crippen LogP contribution in [0.15, 0.2) is 30.3 Å². The highest BCUT2D eigenvalue weighted by Crippen LogP contribution is 2.16. The molecule has 0 saturated heterocycles. The predicted molar refractivity (Wildman–Crippen MR) is 59.3 cm³/mol. The summed E-state index contributed by atoms with van der Waals surface area (Å²) in [4.78, 5) is 11.9. The molecule has 78 valence electrons. The van der Waals surface area contributed by atoms with Crippen molar-refractivity contribution in [2.24, 2.45) is 11.8 Å². The van der Waals surface area contributed by atoms with E-state index in [2.05, 4.69) is 6.07 Å². The lowest BCUT2D eigenvalue weighted by molar-refractivity contribution is 0.0937. The topological polar surface area (TPSA) is 40.9 Å². The van der Waals surface area contributed by atoms with Gasteiger partial charge >= 0.3 is 0 Å². The summed E-state index contributed by atoms with van der Waals surface area (Å²) >= 11 is 0. The minimum Gasteiger partial charge on any atom is -0.293 e. The fourth-order valence-corrected chi connectivity index (χ4v) is 1.49. The highest BCUT2D eigenvalue weighted by molar-refractivity contribution is 5.99. The van der Waals surface area contributed by atoms with E-state index in [1.165, 1.54) is 0 Å². The first-order chi connectivity index (χ1) is 7.15. The number of hydrogen-bond acceptors (Lipinski definition) is 2. The van der Waals surface area contributed by atoms with Crippen LogP contribution in [0.2, 0.25) is 0 Å². The van der Waals surface area contributed by atoms with Gasteiger partial charge in [0.05, 0.1) is 6.07 Å². The molecule has 2 heteroatoms. The van der Waals surface area contributed by atoms with Gasteiger partial charge in [0.2, 0.25) is 0 Å². The second-order valence-electron chi connectivity index (χ2n) is 4.04. The van der Waals surface area contributed by atoms with Gasteiger partial charge in [-0.1, -0.05) is 44.2 Å². The maximum atomic E-state index is 11.9. The zero-order chi connectivity index (χ0) is 11.3. The monoisotopic (exact) mass is 201 g/mol. The Morgan fingerprint density at radius 1 is 1.33 bits per heavy atom. The summed E-state index contributed by atoms with van der Waals surface area (Å²) in [6.45, 7) is 4.03. The third-order valence-corrected chi connectivity index (χ3v) is 2.24. The van der Waals surface area contributed by atoms with Crippen LogP contribution in [-0.2, 0) is 0 Å². The number of hydrogen-bond donors (Lipinski definition) is 0. The Hall–Kier alpha value is -1.62. The Kier molecular flexibility index (Phi) is 4.05. The molecule has 1 aromatic carbocycles. The lowest BCUT2D eigenvalue weighted by Gasteiger charge is -2.10. The van der Waals surface area contributed by atoms with Crippen molar-refractivity contribution in [2.75, 3.05) is 0 Å². The number of ketones is 1. The lowest BCUT2D eigenvalue weighted by Crippen LogP contribution is -2.15. The van der Waals surface area contributed by atoms with E-state index in [4.69, 9.17) is 5.26 Å². The molecule has 1 aromatic rings. The van der Waals surface area contributed by atoms with Gasteiger partial charge in [-0.2, -0.15) is 5.26 Å². The molecule has 1 rings (SSSR count). The van der Waals surface area contributed by atoms with Crippen LogP contribution in [0.5, 0.6) is 0 Å². The maximum Gasteiger partial charge on any atom is 0.179 e. The second-order valence-corrected chi connectivity index (χ2v) is 4.04. The van der Waals surface area contributed by atoms with E-state index in [9.17, 15) is 4.79 Å². The highest BCUT2D eigenvalue weighted by Gasteiger charge is 2.20. The van der Waals surface area contributed by atoms with Crippen LogP contribution in [-0.4, -0.2) is 5.78 Å². The quantitative estimate of drug-likeness (QED) is 0.702. The van der Waals surface area contributed by atoms with Crippen LogP contribution >= 0.6 is 0 Å². The van der Waals surface area contributed by atoms with Gasteiger partial charge in [0.1, 0.15) is 5.92 Å². The number of nitrogens with zero attached hydrogens (tertiary/aromatic N) is 1. The number of carbonyl (C=O) groups is 1. The first-order valence-electron chi connectivity index (χ1n) is 5.14. The molecular formula is C13H15NO. The van der Waals surface area contributed by atoms with E-state index in [1.807, 2.05) is 32.0 Å². The molecule has 15 heavy (non-hydrogen) atoms. The molecular weight excluding hydrogens is 186 g/mol. The van der Waals surface area contributed by atoms with E-state index < -0.39 is 5.92 Å². The van der Waals surface area contributed by atoms with Crippen molar-refractivity contribution >= 4 is 5.78 Å². The Balaban J connectivity index is 2.80. The van der Waals surface area contributed by atoms with Crippen LogP contribution < -0.4 is 0 Å². The second kappa shape index (κ2) is 5.31. The zero-order valence-corrected chi connectivity index (χ0v) is 9.10. The summed E-state index contributed by atoms with van der Waals surface area (Å²) in [5.74, 6) is -0.207. The van der Waals surface area contributed by atoms with Gasteiger partial charge < -0.3 is 0 Å². The fraction of sp³-hybridized carbons (Fsp3) is 0.385. The van der Waals surface area contributed by atoms with Gasteiger partial charge in [0.25, 0.3) is 0 Å². The van der Waals surface area contributed by atoms with Crippen molar-refractivity contribution < 1.29 is 4.79 Å². The van der Waals surface area contributed by atoms with Crippen molar-refractivity contribution in [3.05, 3.63) is 35.9 Å². The minimum absolute atomic E-state index is 0.0631. The summed E-state index contributed by atoms with van der Waals surface area (Å²) < 4.78 is 0. The average molecular weight is 201 g/mol. The molecule has 0 bridgehead atoms. The summed E-state index contributed by atoms with van der Waals surface area (Å²) in [6, 6.07) is 11.1. The van der Waals surface area contributed by atoms with E-state index in [0.717, 1.165) is 0 Å². The molecule has 0 spiro atoms. The number of nitriles is 1. The number of Topliss-reactive ketones (excluding diaryl/α,β-unsaturated/α-hetero) is 1. The van der Waals surface area contributed by atoms with Crippen LogP contribution in [0.25, 0.3) is 0 Å². The van der Waals surface area contributed by atoms with E-state index >= 15 is 0 Å². The van der Waals surface area contributed by atoms with Crippen molar-refractivity contribution in [2.45, 2.75) is 20.3 Å². The molecule has 2 nitrogen and oxygen atoms in total. The van der Waals surface area contributed by atoms with Gasteiger partial charge in [-0.05, 0) is 12.3 Å². The van der Waals surface area contributed by atoms with Crippen molar-refractivity contribution in [1.29, 1.82) is 5.26 Å². The molecule has 0 amide bonds. The number of carbonyl (C=O) groups excluding carboxylic acids is 1. The van der Waals surface area contributed by atoms with Crippen molar-refractivity contribution in [3.8, 4) is 6.07 Å². The number of rotatable bonds is 4. The normalized spacial score (nSPS) is 12.1. The molecule has 1 unspecified atom stereocenters. The van der Waals surface area contributed by atoms with Crippen LogP contribution in [0, 0.1) is 23.2 Å². The van der Waals surface area contributed by atoms with Crippen molar-refractivity contribution in [3.63, 3.8) is 0 Å². The van der Waals surface area contributed by atoms with E-state index in [1.54, 1.807) is 12.1 Å². The Labute approximate surface area is 90.5 Å². The third kappa shape index (κ3) is 3.21. The minimum atomic E-state index is -0.507. The van der Waals surface area contributed by atoms with Crippen molar-refractivity contribution in [1.82, 2.24) is 0 Å². The number of benzene rings is 1. The largest absolute Gasteiger partial charge is 0.293 e. The van der Waals surface area contributed by atoms with Gasteiger partial charge in [0.15, 0.2) is 5.78 Å². The fourth-order valence-electron chi connectivity index (χ4n) is 1.49. The molecule has 0 N–H and O–H groups in total. The third-order valence-electron chi connectivity index (χ3n) is 2.24. The molecule has 0 aromatic heterocycles. The average Bonchev–Trinajstić information content (AvgIpc) is 2.26. The smallest absolute Gasteiger partial charge is 0.179 e. The summed E-state index contributed by atoms with van der Waals surface area (Å²) in [5, 5.41) is 8.94. The first kappa shape index (κ1) is 11.5. The van der Waals surface area contributed by atoms with Gasteiger partial charge in [-0.3, -0.25) is 4.79 Å². The lowest BCUT2D eigenvalue weighted by atomic mass is 9.91. The molecule has 0 fully saturated rings. The maximum absolute atomic E-state index is 11.9. The van der Waals surface area contributed by atoms with Gasteiger partial charge in [-0.15, -0.1) is 0 Å². The summed E-state index contributed by atoms with van der Waals surface area (Å²) in [7, 11) is 0. The first-order valence-corrected chi connectivity index (χ1v) is 5.14. The molecule has 0 aliphatic carbocycles. The zero-order valence-electron chi connectivity index (χ0n) is 9.10. The summed E-state index contributed by atoms with van der Waals surface area (Å²) in [6.07, 6.45) is 0.629. The van der Waals surface area contributed by atoms with Crippen LogP contribution in [0.3, 0.4) is 0 Å². The Morgan fingerprint density at radius 2 is 1.93 bits per heavy atom. The standard InChI is InChI=1S/C13H15NO/c1-10(2)8-12(9-14)13(15)11-6-4-3-5-7-11/h3-7,10,12H,8H2,1-2H3. The van der Waals surface area contributed by atoms with Crippen LogP contribution in [0.1, 0.15) is 30.6 Å². The Morgan fingerprint density at radius 3 is 2.40 bits per heavy atom. The van der Waals surface area contributed by atoms with Gasteiger partial charge in [-0.25, -0.2) is 0 Å². The molecule has 0 aliphatic rings. The van der Waals surface area contributed by atoms with E-state index in [0.29, 0.717) is 17.9 Å². The molecule has 0 radical (unpaired) electrons. The predicted octanol–water partition coefficient (Wildman–Crippen LogP) is 3.06.